The lowest BCUT2D eigenvalue weighted by Gasteiger charge is -2.13. The minimum atomic E-state index is -3.74. The molecule has 0 bridgehead atoms. The summed E-state index contributed by atoms with van der Waals surface area (Å²) in [5, 5.41) is 2.72. The molecule has 7 heteroatoms. The van der Waals surface area contributed by atoms with Crippen molar-refractivity contribution < 1.29 is 17.9 Å². The zero-order chi connectivity index (χ0) is 20.7. The molecule has 0 aromatic heterocycles. The first-order chi connectivity index (χ1) is 14.0. The fraction of sp³-hybridized carbons (Fsp3) is 0.136. The molecule has 0 radical (unpaired) electrons. The van der Waals surface area contributed by atoms with Gasteiger partial charge in [-0.1, -0.05) is 48.5 Å². The Bertz CT molecular complexity index is 1070. The highest BCUT2D eigenvalue weighted by molar-refractivity contribution is 7.89. The van der Waals surface area contributed by atoms with Gasteiger partial charge < -0.3 is 10.1 Å². The van der Waals surface area contributed by atoms with Crippen LogP contribution in [0.1, 0.15) is 15.9 Å². The van der Waals surface area contributed by atoms with Gasteiger partial charge in [0.25, 0.3) is 5.91 Å². The van der Waals surface area contributed by atoms with Crippen LogP contribution in [0.2, 0.25) is 0 Å². The van der Waals surface area contributed by atoms with E-state index in [1.807, 2.05) is 36.4 Å². The number of methoxy groups -OCH3 is 1. The van der Waals surface area contributed by atoms with Crippen LogP contribution in [0, 0.1) is 0 Å². The van der Waals surface area contributed by atoms with Gasteiger partial charge in [0.05, 0.1) is 17.7 Å². The Kier molecular flexibility index (Phi) is 6.64. The first-order valence-corrected chi connectivity index (χ1v) is 10.6. The first kappa shape index (κ1) is 20.6. The molecule has 0 fully saturated rings. The monoisotopic (exact) mass is 410 g/mol. The molecule has 1 amide bonds. The second-order valence-electron chi connectivity index (χ2n) is 6.32. The fourth-order valence-electron chi connectivity index (χ4n) is 2.79. The van der Waals surface area contributed by atoms with E-state index in [1.165, 1.54) is 25.3 Å². The summed E-state index contributed by atoms with van der Waals surface area (Å²) in [5.41, 5.74) is 1.79. The Labute approximate surface area is 170 Å². The maximum absolute atomic E-state index is 12.7. The number of carbonyl (C=O) groups excluding carboxylic acids is 1. The number of benzene rings is 3. The minimum absolute atomic E-state index is 0.0507. The normalized spacial score (nSPS) is 11.1. The van der Waals surface area contributed by atoms with E-state index in [0.29, 0.717) is 17.7 Å². The molecule has 0 atom stereocenters. The third kappa shape index (κ3) is 5.43. The summed E-state index contributed by atoms with van der Waals surface area (Å²) in [6, 6.07) is 22.6. The zero-order valence-corrected chi connectivity index (χ0v) is 16.8. The molecule has 3 aromatic carbocycles. The largest absolute Gasteiger partial charge is 0.495 e. The van der Waals surface area contributed by atoms with Gasteiger partial charge in [-0.3, -0.25) is 4.79 Å². The molecule has 0 aliphatic rings. The molecule has 0 saturated heterocycles. The third-order valence-corrected chi connectivity index (χ3v) is 5.77. The highest BCUT2D eigenvalue weighted by atomic mass is 32.2. The summed E-state index contributed by atoms with van der Waals surface area (Å²) >= 11 is 0. The summed E-state index contributed by atoms with van der Waals surface area (Å²) in [6.07, 6.45) is 0.577. The Morgan fingerprint density at radius 1 is 0.931 bits per heavy atom. The Hall–Kier alpha value is -3.16. The summed E-state index contributed by atoms with van der Waals surface area (Å²) in [5.74, 6) is 0.0213. The molecular weight excluding hydrogens is 388 g/mol. The van der Waals surface area contributed by atoms with Crippen LogP contribution >= 0.6 is 0 Å². The Morgan fingerprint density at radius 3 is 2.24 bits per heavy atom. The van der Waals surface area contributed by atoms with Gasteiger partial charge in [0.2, 0.25) is 10.0 Å². The molecule has 150 valence electrons. The number of ether oxygens (including phenoxy) is 1. The van der Waals surface area contributed by atoms with Crippen molar-refractivity contribution in [3.05, 3.63) is 90.0 Å². The number of hydrogen-bond donors (Lipinski definition) is 2. The van der Waals surface area contributed by atoms with E-state index in [4.69, 9.17) is 4.74 Å². The number of rotatable bonds is 8. The Balaban J connectivity index is 1.75. The third-order valence-electron chi connectivity index (χ3n) is 4.31. The van der Waals surface area contributed by atoms with Crippen molar-refractivity contribution in [2.45, 2.75) is 11.3 Å². The molecule has 0 heterocycles. The van der Waals surface area contributed by atoms with Gasteiger partial charge in [0, 0.05) is 12.1 Å². The van der Waals surface area contributed by atoms with Gasteiger partial charge in [0.1, 0.15) is 5.75 Å². The summed E-state index contributed by atoms with van der Waals surface area (Å²) in [6.45, 7) is 0.268. The van der Waals surface area contributed by atoms with E-state index in [2.05, 4.69) is 10.0 Å². The lowest BCUT2D eigenvalue weighted by Crippen LogP contribution is -2.26. The number of sulfonamides is 1. The highest BCUT2D eigenvalue weighted by Gasteiger charge is 2.17. The summed E-state index contributed by atoms with van der Waals surface area (Å²) < 4.78 is 33.2. The van der Waals surface area contributed by atoms with E-state index < -0.39 is 10.0 Å². The van der Waals surface area contributed by atoms with Gasteiger partial charge in [-0.2, -0.15) is 0 Å². The second-order valence-corrected chi connectivity index (χ2v) is 8.08. The van der Waals surface area contributed by atoms with Crippen LogP contribution in [-0.4, -0.2) is 28.0 Å². The maximum Gasteiger partial charge on any atom is 0.255 e. The summed E-state index contributed by atoms with van der Waals surface area (Å²) in [7, 11) is -2.28. The number of hydrogen-bond acceptors (Lipinski definition) is 4. The van der Waals surface area contributed by atoms with Crippen molar-refractivity contribution >= 4 is 21.6 Å². The first-order valence-electron chi connectivity index (χ1n) is 9.07. The van der Waals surface area contributed by atoms with Crippen LogP contribution in [0.15, 0.2) is 83.8 Å². The predicted molar refractivity (Wildman–Crippen MR) is 113 cm³/mol. The van der Waals surface area contributed by atoms with Crippen LogP contribution < -0.4 is 14.8 Å². The topological polar surface area (TPSA) is 84.5 Å². The molecule has 3 rings (SSSR count). The van der Waals surface area contributed by atoms with Crippen LogP contribution in [0.25, 0.3) is 0 Å². The molecule has 0 aliphatic heterocycles. The number of carbonyl (C=O) groups is 1. The number of amides is 1. The van der Waals surface area contributed by atoms with Gasteiger partial charge in [-0.25, -0.2) is 13.1 Å². The van der Waals surface area contributed by atoms with Crippen molar-refractivity contribution in [2.75, 3.05) is 19.0 Å². The molecule has 0 aliphatic carbocycles. The molecule has 3 aromatic rings. The lowest BCUT2D eigenvalue weighted by atomic mass is 10.2. The number of nitrogens with one attached hydrogen (secondary N) is 2. The highest BCUT2D eigenvalue weighted by Crippen LogP contribution is 2.28. The van der Waals surface area contributed by atoms with Crippen molar-refractivity contribution in [2.24, 2.45) is 0 Å². The standard InChI is InChI=1S/C22H22N2O4S/c1-28-21-13-12-19(16-20(21)24-22(25)18-10-6-3-7-11-18)29(26,27)23-15-14-17-8-4-2-5-9-17/h2-13,16,23H,14-15H2,1H3,(H,24,25). The van der Waals surface area contributed by atoms with Crippen molar-refractivity contribution in [1.29, 1.82) is 0 Å². The van der Waals surface area contributed by atoms with Crippen LogP contribution in [0.3, 0.4) is 0 Å². The van der Waals surface area contributed by atoms with Crippen LogP contribution in [-0.2, 0) is 16.4 Å². The minimum Gasteiger partial charge on any atom is -0.495 e. The molecule has 29 heavy (non-hydrogen) atoms. The molecule has 0 unspecified atom stereocenters. The summed E-state index contributed by atoms with van der Waals surface area (Å²) in [4.78, 5) is 12.5. The van der Waals surface area contributed by atoms with Crippen molar-refractivity contribution in [1.82, 2.24) is 4.72 Å². The van der Waals surface area contributed by atoms with E-state index in [-0.39, 0.29) is 23.0 Å². The van der Waals surface area contributed by atoms with Gasteiger partial charge in [-0.05, 0) is 42.3 Å². The lowest BCUT2D eigenvalue weighted by molar-refractivity contribution is 0.102. The SMILES string of the molecule is COc1ccc(S(=O)(=O)NCCc2ccccc2)cc1NC(=O)c1ccccc1. The zero-order valence-electron chi connectivity index (χ0n) is 16.0. The fourth-order valence-corrected chi connectivity index (χ4v) is 3.85. The smallest absolute Gasteiger partial charge is 0.255 e. The molecule has 0 spiro atoms. The average Bonchev–Trinajstić information content (AvgIpc) is 2.75. The average molecular weight is 410 g/mol. The molecule has 2 N–H and O–H groups in total. The van der Waals surface area contributed by atoms with E-state index >= 15 is 0 Å². The van der Waals surface area contributed by atoms with Crippen molar-refractivity contribution in [3.8, 4) is 5.75 Å². The second kappa shape index (κ2) is 9.36. The number of anilines is 1. The van der Waals surface area contributed by atoms with Crippen molar-refractivity contribution in [3.63, 3.8) is 0 Å². The maximum atomic E-state index is 12.7. The van der Waals surface area contributed by atoms with Gasteiger partial charge >= 0.3 is 0 Å². The van der Waals surface area contributed by atoms with Gasteiger partial charge in [-0.15, -0.1) is 0 Å². The van der Waals surface area contributed by atoms with E-state index in [9.17, 15) is 13.2 Å². The molecule has 6 nitrogen and oxygen atoms in total. The predicted octanol–water partition coefficient (Wildman–Crippen LogP) is 3.47. The molecular formula is C22H22N2O4S. The van der Waals surface area contributed by atoms with Crippen LogP contribution in [0.4, 0.5) is 5.69 Å². The van der Waals surface area contributed by atoms with E-state index in [0.717, 1.165) is 5.56 Å². The Morgan fingerprint density at radius 2 is 1.59 bits per heavy atom. The quantitative estimate of drug-likeness (QED) is 0.596. The van der Waals surface area contributed by atoms with Gasteiger partial charge in [0.15, 0.2) is 0 Å². The molecule has 0 saturated carbocycles. The van der Waals surface area contributed by atoms with E-state index in [1.54, 1.807) is 24.3 Å². The van der Waals surface area contributed by atoms with Crippen LogP contribution in [0.5, 0.6) is 5.75 Å².